The lowest BCUT2D eigenvalue weighted by molar-refractivity contribution is -1.02. The fraction of sp³-hybridized carbons (Fsp3) is 1.00. The van der Waals surface area contributed by atoms with Gasteiger partial charge in [0.1, 0.15) is 0 Å². The molecule has 0 nitrogen and oxygen atoms in total. The normalized spacial score (nSPS) is 128. The van der Waals surface area contributed by atoms with Crippen LogP contribution in [0.5, 0.6) is 0 Å². The molecule has 0 radical (unpaired) electrons. The second-order valence-electron chi connectivity index (χ2n) is 22.4. The van der Waals surface area contributed by atoms with E-state index in [4.69, 9.17) is 0 Å². The van der Waals surface area contributed by atoms with Crippen LogP contribution in [0.1, 0.15) is 32.6 Å². The van der Waals surface area contributed by atoms with E-state index in [1.165, 1.54) is 101 Å². The highest BCUT2D eigenvalue weighted by Gasteiger charge is 3.51. The van der Waals surface area contributed by atoms with Crippen molar-refractivity contribution in [2.24, 2.45) is 176 Å². The van der Waals surface area contributed by atoms with Gasteiger partial charge in [-0.2, -0.15) is 0 Å². The molecule has 0 amide bonds. The molecule has 13 spiro atoms. The van der Waals surface area contributed by atoms with E-state index >= 15 is 0 Å². The van der Waals surface area contributed by atoms with Crippen molar-refractivity contribution in [3.63, 3.8) is 0 Å². The van der Waals surface area contributed by atoms with E-state index < -0.39 is 0 Å². The van der Waals surface area contributed by atoms with E-state index in [0.717, 1.165) is 75.8 Å². The molecule has 0 aliphatic heterocycles. The van der Waals surface area contributed by atoms with Crippen LogP contribution < -0.4 is 0 Å². The van der Waals surface area contributed by atoms with E-state index in [9.17, 15) is 0 Å². The number of fused-ring (bicyclic) bond motifs is 13. The molecule has 23 fully saturated rings. The summed E-state index contributed by atoms with van der Waals surface area (Å²) in [5, 5.41) is 0. The quantitative estimate of drug-likeness (QED) is 0.509. The summed E-state index contributed by atoms with van der Waals surface area (Å²) in [6.07, 6.45) is 7.15. The van der Waals surface area contributed by atoms with Crippen LogP contribution in [0.25, 0.3) is 0 Å². The van der Waals surface area contributed by atoms with Gasteiger partial charge in [0.15, 0.2) is 0 Å². The Morgan fingerprint density at radius 3 is 1.14 bits per heavy atom. The summed E-state index contributed by atoms with van der Waals surface area (Å²) in [5.41, 5.74) is 14.9. The van der Waals surface area contributed by atoms with E-state index in [1.807, 2.05) is 0 Å². The largest absolute Gasteiger partial charge is 0.0579 e. The summed E-state index contributed by atoms with van der Waals surface area (Å²) in [6, 6.07) is 0. The molecule has 0 saturated heterocycles. The first-order valence-corrected chi connectivity index (χ1v) is 17.8. The molecular formula is C36H28. The molecule has 0 aromatic heterocycles. The lowest BCUT2D eigenvalue weighted by atomic mass is 8.55. The summed E-state index contributed by atoms with van der Waals surface area (Å²) in [4.78, 5) is 0. The summed E-state index contributed by atoms with van der Waals surface area (Å²) in [6.45, 7) is 3.20. The highest BCUT2D eigenvalue weighted by Crippen LogP contribution is 3.53. The van der Waals surface area contributed by atoms with Crippen molar-refractivity contribution in [2.45, 2.75) is 32.6 Å². The third-order valence-electron chi connectivity index (χ3n) is 29.2. The molecule has 31 unspecified atom stereocenters. The first kappa shape index (κ1) is 13.1. The van der Waals surface area contributed by atoms with Gasteiger partial charge in [-0.25, -0.2) is 0 Å². The number of hydrogen-bond donors (Lipinski definition) is 0. The van der Waals surface area contributed by atoms with Crippen molar-refractivity contribution in [3.8, 4) is 0 Å². The van der Waals surface area contributed by atoms with E-state index in [0.29, 0.717) is 0 Å². The predicted molar refractivity (Wildman–Crippen MR) is 118 cm³/mol. The minimum Gasteiger partial charge on any atom is -0.0579 e. The molecule has 0 aromatic carbocycles. The van der Waals surface area contributed by atoms with E-state index in [2.05, 4.69) is 6.92 Å². The molecule has 0 bridgehead atoms. The van der Waals surface area contributed by atoms with Crippen LogP contribution in [0.3, 0.4) is 0 Å². The Morgan fingerprint density at radius 1 is 0.306 bits per heavy atom. The molecule has 172 valence electrons. The third kappa shape index (κ3) is 0.318. The van der Waals surface area contributed by atoms with Crippen LogP contribution in [0, 0.1) is 176 Å². The smallest absolute Gasteiger partial charge is 0.00503 e. The van der Waals surface area contributed by atoms with Crippen LogP contribution in [0.4, 0.5) is 0 Å². The van der Waals surface area contributed by atoms with Crippen LogP contribution in [-0.2, 0) is 0 Å². The zero-order chi connectivity index (χ0) is 20.6. The minimum atomic E-state index is 0.959. The molecule has 0 N–H and O–H groups in total. The van der Waals surface area contributed by atoms with Crippen LogP contribution in [-0.4, -0.2) is 0 Å². The Morgan fingerprint density at radius 2 is 0.611 bits per heavy atom. The van der Waals surface area contributed by atoms with Gasteiger partial charge < -0.3 is 0 Å². The van der Waals surface area contributed by atoms with Gasteiger partial charge in [0.2, 0.25) is 0 Å². The molecule has 23 rings (SSSR count). The van der Waals surface area contributed by atoms with Gasteiger partial charge in [-0.05, 0) is 202 Å². The molecule has 36 heavy (non-hydrogen) atoms. The Balaban J connectivity index is 1.00. The average molecular weight is 461 g/mol. The summed E-state index contributed by atoms with van der Waals surface area (Å²) < 4.78 is 0. The van der Waals surface area contributed by atoms with E-state index in [1.54, 1.807) is 25.7 Å². The molecule has 23 aliphatic carbocycles. The Hall–Kier alpha value is 0. The zero-order valence-corrected chi connectivity index (χ0v) is 20.6. The van der Waals surface area contributed by atoms with E-state index in [-0.39, 0.29) is 0 Å². The second-order valence-corrected chi connectivity index (χ2v) is 22.4. The molecule has 0 aromatic rings. The second kappa shape index (κ2) is 2.09. The molecular weight excluding hydrogens is 432 g/mol. The van der Waals surface area contributed by atoms with Gasteiger partial charge in [0, 0.05) is 0 Å². The Labute approximate surface area is 208 Å². The van der Waals surface area contributed by atoms with Crippen LogP contribution in [0.2, 0.25) is 0 Å². The van der Waals surface area contributed by atoms with Crippen LogP contribution in [0.15, 0.2) is 0 Å². The monoisotopic (exact) mass is 460 g/mol. The van der Waals surface area contributed by atoms with Crippen molar-refractivity contribution >= 4 is 0 Å². The highest BCUT2D eigenvalue weighted by molar-refractivity contribution is 5.96. The zero-order valence-electron chi connectivity index (χ0n) is 20.6. The topological polar surface area (TPSA) is 0 Å². The molecule has 0 heteroatoms. The Kier molecular flexibility index (Phi) is 0.763. The van der Waals surface area contributed by atoms with Crippen molar-refractivity contribution < 1.29 is 0 Å². The summed E-state index contributed by atoms with van der Waals surface area (Å²) in [5.74, 6) is 22.9. The van der Waals surface area contributed by atoms with Gasteiger partial charge >= 0.3 is 0 Å². The lowest BCUT2D eigenvalue weighted by Gasteiger charge is -3.47. The summed E-state index contributed by atoms with van der Waals surface area (Å²) in [7, 11) is 0. The molecule has 23 aliphatic rings. The molecule has 23 saturated carbocycles. The fourth-order valence-corrected chi connectivity index (χ4v) is 35.7. The maximum atomic E-state index is 3.20. The fourth-order valence-electron chi connectivity index (χ4n) is 35.7. The molecule has 31 atom stereocenters. The first-order chi connectivity index (χ1) is 17.8. The van der Waals surface area contributed by atoms with Gasteiger partial charge in [0.25, 0.3) is 0 Å². The highest BCUT2D eigenvalue weighted by atomic mass is 15.5. The van der Waals surface area contributed by atoms with Crippen molar-refractivity contribution in [1.29, 1.82) is 0 Å². The maximum absolute atomic E-state index is 3.20. The maximum Gasteiger partial charge on any atom is -0.00503 e. The van der Waals surface area contributed by atoms with Crippen molar-refractivity contribution in [1.82, 2.24) is 0 Å². The van der Waals surface area contributed by atoms with Crippen molar-refractivity contribution in [2.75, 3.05) is 0 Å². The first-order valence-electron chi connectivity index (χ1n) is 17.8. The van der Waals surface area contributed by atoms with Crippen molar-refractivity contribution in [3.05, 3.63) is 0 Å². The van der Waals surface area contributed by atoms with Gasteiger partial charge in [-0.1, -0.05) is 6.92 Å². The molecule has 0 heterocycles. The lowest BCUT2D eigenvalue weighted by Crippen LogP contribution is -3.45. The number of rotatable bonds is 0. The predicted octanol–water partition coefficient (Wildman–Crippen LogP) is 4.16. The Bertz CT molecular complexity index is 1980. The van der Waals surface area contributed by atoms with Gasteiger partial charge in [-0.3, -0.25) is 0 Å². The SMILES string of the molecule is CC12C34C5C6CC7C8CC9C%10C%11C%12C%13C%14C%15CC%16C%17CC%18C%19C%20C5C15C%201C%19%20C%17%18C%16%15C%14%20C%131C%125C%112C%103C89C764. The van der Waals surface area contributed by atoms with Gasteiger partial charge in [-0.15, -0.1) is 0 Å². The summed E-state index contributed by atoms with van der Waals surface area (Å²) >= 11 is 0. The van der Waals surface area contributed by atoms with Gasteiger partial charge in [0.05, 0.1) is 0 Å². The average Bonchev–Trinajstić information content (AvgIpc) is 2.88. The minimum absolute atomic E-state index is 0.959. The third-order valence-corrected chi connectivity index (χ3v) is 29.2. The number of hydrogen-bond acceptors (Lipinski definition) is 0. The van der Waals surface area contributed by atoms with Crippen LogP contribution >= 0.6 is 0 Å². The standard InChI is InChI=1S/C36H28/c1-23-28-14-10-2-6-7-3-11-15-19-22-21-17-13-5-9-8-4-12-16-20-18(14)30(23)34(22,29(19,23)31(15,28)25(7,11)24(6,10)28)36(21)33(17)27(9,13)26(8,12)32(16,33)35(20,30)36/h6-22H,2-5H2,1H3.